The Hall–Kier alpha value is -0.770. The number of aliphatic hydroxyl groups is 1. The molecule has 4 nitrogen and oxygen atoms in total. The molecule has 2 rings (SSSR count). The summed E-state index contributed by atoms with van der Waals surface area (Å²) in [4.78, 5) is 13.7. The van der Waals surface area contributed by atoms with E-state index in [1.807, 2.05) is 4.90 Å². The topological polar surface area (TPSA) is 49.8 Å². The summed E-state index contributed by atoms with van der Waals surface area (Å²) in [7, 11) is 0. The maximum Gasteiger partial charge on any atom is 0.410 e. The van der Waals surface area contributed by atoms with Crippen LogP contribution >= 0.6 is 0 Å². The third-order valence-electron chi connectivity index (χ3n) is 4.08. The Labute approximate surface area is 109 Å². The van der Waals surface area contributed by atoms with Crippen LogP contribution in [0.15, 0.2) is 0 Å². The summed E-state index contributed by atoms with van der Waals surface area (Å²) in [5.41, 5.74) is 0.508. The lowest BCUT2D eigenvalue weighted by Crippen LogP contribution is -2.47. The molecule has 1 amide bonds. The van der Waals surface area contributed by atoms with Crippen LogP contribution in [0.1, 0.15) is 47.0 Å². The van der Waals surface area contributed by atoms with Crippen LogP contribution in [0.3, 0.4) is 0 Å². The van der Waals surface area contributed by atoms with Crippen molar-refractivity contribution in [3.8, 4) is 0 Å². The van der Waals surface area contributed by atoms with Crippen molar-refractivity contribution < 1.29 is 14.6 Å². The van der Waals surface area contributed by atoms with Gasteiger partial charge in [-0.1, -0.05) is 27.7 Å². The van der Waals surface area contributed by atoms with Crippen LogP contribution in [-0.4, -0.2) is 41.4 Å². The molecule has 2 aliphatic rings. The van der Waals surface area contributed by atoms with E-state index in [9.17, 15) is 4.79 Å². The van der Waals surface area contributed by atoms with Crippen molar-refractivity contribution in [2.24, 2.45) is 10.8 Å². The average molecular weight is 255 g/mol. The molecule has 1 aliphatic heterocycles. The summed E-state index contributed by atoms with van der Waals surface area (Å²) >= 11 is 0. The number of rotatable bonds is 2. The van der Waals surface area contributed by atoms with Gasteiger partial charge in [0, 0.05) is 6.04 Å². The summed E-state index contributed by atoms with van der Waals surface area (Å²) in [6.07, 6.45) is 2.62. The Morgan fingerprint density at radius 1 is 1.28 bits per heavy atom. The Bertz CT molecular complexity index is 322. The zero-order valence-corrected chi connectivity index (χ0v) is 11.9. The highest BCUT2D eigenvalue weighted by atomic mass is 16.6. The van der Waals surface area contributed by atoms with Crippen molar-refractivity contribution in [1.82, 2.24) is 4.90 Å². The van der Waals surface area contributed by atoms with Crippen molar-refractivity contribution >= 4 is 6.09 Å². The van der Waals surface area contributed by atoms with E-state index >= 15 is 0 Å². The Morgan fingerprint density at radius 3 is 2.28 bits per heavy atom. The van der Waals surface area contributed by atoms with Crippen LogP contribution in [0.4, 0.5) is 4.79 Å². The molecule has 1 saturated heterocycles. The highest BCUT2D eigenvalue weighted by molar-refractivity contribution is 5.70. The third kappa shape index (κ3) is 2.79. The van der Waals surface area contributed by atoms with E-state index in [2.05, 4.69) is 27.7 Å². The van der Waals surface area contributed by atoms with Crippen LogP contribution in [0.25, 0.3) is 0 Å². The first kappa shape index (κ1) is 13.7. The monoisotopic (exact) mass is 255 g/mol. The second-order valence-electron chi connectivity index (χ2n) is 7.41. The molecular weight excluding hydrogens is 230 g/mol. The van der Waals surface area contributed by atoms with Crippen LogP contribution in [-0.2, 0) is 4.74 Å². The fraction of sp³-hybridized carbons (Fsp3) is 0.929. The second kappa shape index (κ2) is 4.41. The molecule has 0 unspecified atom stereocenters. The highest BCUT2D eigenvalue weighted by Crippen LogP contribution is 2.47. The number of ether oxygens (including phenoxy) is 1. The van der Waals surface area contributed by atoms with Gasteiger partial charge in [-0.3, -0.25) is 0 Å². The average Bonchev–Trinajstić information content (AvgIpc) is 2.55. The van der Waals surface area contributed by atoms with Gasteiger partial charge in [0.05, 0.1) is 13.2 Å². The zero-order chi connectivity index (χ0) is 13.6. The fourth-order valence-electron chi connectivity index (χ4n) is 3.94. The lowest BCUT2D eigenvalue weighted by molar-refractivity contribution is 0.0434. The zero-order valence-electron chi connectivity index (χ0n) is 11.9. The molecule has 1 atom stereocenters. The minimum absolute atomic E-state index is 0.0816. The minimum atomic E-state index is -0.342. The maximum absolute atomic E-state index is 11.9. The number of amides is 1. The summed E-state index contributed by atoms with van der Waals surface area (Å²) in [6.45, 7) is 9.53. The van der Waals surface area contributed by atoms with E-state index in [0.717, 1.165) is 12.8 Å². The van der Waals surface area contributed by atoms with Crippen molar-refractivity contribution in [1.29, 1.82) is 0 Å². The molecule has 1 N–H and O–H groups in total. The SMILES string of the molecule is CC1(C)CC(N2C[C@@H](CO)OC2=O)CC(C)(C)C1. The van der Waals surface area contributed by atoms with Gasteiger partial charge in [-0.2, -0.15) is 0 Å². The van der Waals surface area contributed by atoms with Crippen molar-refractivity contribution in [2.75, 3.05) is 13.2 Å². The number of hydrogen-bond donors (Lipinski definition) is 1. The smallest absolute Gasteiger partial charge is 0.410 e. The van der Waals surface area contributed by atoms with Gasteiger partial charge in [-0.15, -0.1) is 0 Å². The van der Waals surface area contributed by atoms with Crippen molar-refractivity contribution in [2.45, 2.75) is 59.1 Å². The van der Waals surface area contributed by atoms with E-state index in [1.165, 1.54) is 6.42 Å². The third-order valence-corrected chi connectivity index (χ3v) is 4.08. The maximum atomic E-state index is 11.9. The largest absolute Gasteiger partial charge is 0.442 e. The van der Waals surface area contributed by atoms with E-state index in [4.69, 9.17) is 9.84 Å². The van der Waals surface area contributed by atoms with Gasteiger partial charge in [0.15, 0.2) is 0 Å². The van der Waals surface area contributed by atoms with E-state index < -0.39 is 0 Å². The van der Waals surface area contributed by atoms with Crippen molar-refractivity contribution in [3.63, 3.8) is 0 Å². The molecule has 1 aliphatic carbocycles. The summed E-state index contributed by atoms with van der Waals surface area (Å²) in [5, 5.41) is 9.10. The van der Waals surface area contributed by atoms with E-state index in [0.29, 0.717) is 6.54 Å². The lowest BCUT2D eigenvalue weighted by atomic mass is 9.63. The van der Waals surface area contributed by atoms with Gasteiger partial charge in [0.1, 0.15) is 6.10 Å². The van der Waals surface area contributed by atoms with Crippen LogP contribution < -0.4 is 0 Å². The first-order valence-corrected chi connectivity index (χ1v) is 6.81. The molecule has 18 heavy (non-hydrogen) atoms. The van der Waals surface area contributed by atoms with Crippen LogP contribution in [0.5, 0.6) is 0 Å². The van der Waals surface area contributed by atoms with Crippen LogP contribution in [0.2, 0.25) is 0 Å². The standard InChI is InChI=1S/C14H25NO3/c1-13(2)5-10(6-14(3,4)9-13)15-7-11(8-16)18-12(15)17/h10-11,16H,5-9H2,1-4H3/t11-/m0/s1. The molecule has 0 radical (unpaired) electrons. The number of cyclic esters (lactones) is 1. The quantitative estimate of drug-likeness (QED) is 0.824. The first-order chi connectivity index (χ1) is 8.22. The molecule has 1 saturated carbocycles. The van der Waals surface area contributed by atoms with Gasteiger partial charge < -0.3 is 14.7 Å². The van der Waals surface area contributed by atoms with Gasteiger partial charge in [0.2, 0.25) is 0 Å². The molecule has 0 aromatic heterocycles. The normalized spacial score (nSPS) is 31.5. The minimum Gasteiger partial charge on any atom is -0.442 e. The molecular formula is C14H25NO3. The number of aliphatic hydroxyl groups excluding tert-OH is 1. The predicted molar refractivity (Wildman–Crippen MR) is 69.3 cm³/mol. The lowest BCUT2D eigenvalue weighted by Gasteiger charge is -2.47. The molecule has 0 spiro atoms. The number of hydrogen-bond acceptors (Lipinski definition) is 3. The van der Waals surface area contributed by atoms with Gasteiger partial charge in [-0.05, 0) is 30.1 Å². The van der Waals surface area contributed by atoms with E-state index in [1.54, 1.807) is 0 Å². The molecule has 2 fully saturated rings. The fourth-order valence-corrected chi connectivity index (χ4v) is 3.94. The molecule has 4 heteroatoms. The van der Waals surface area contributed by atoms with Crippen molar-refractivity contribution in [3.05, 3.63) is 0 Å². The van der Waals surface area contributed by atoms with E-state index in [-0.39, 0.29) is 35.7 Å². The number of nitrogens with zero attached hydrogens (tertiary/aromatic N) is 1. The molecule has 1 heterocycles. The highest BCUT2D eigenvalue weighted by Gasteiger charge is 2.44. The Kier molecular flexibility index (Phi) is 3.34. The first-order valence-electron chi connectivity index (χ1n) is 6.81. The number of carbonyl (C=O) groups is 1. The Morgan fingerprint density at radius 2 is 1.83 bits per heavy atom. The molecule has 104 valence electrons. The van der Waals surface area contributed by atoms with Gasteiger partial charge in [-0.25, -0.2) is 4.79 Å². The van der Waals surface area contributed by atoms with Crippen LogP contribution in [0, 0.1) is 10.8 Å². The second-order valence-corrected chi connectivity index (χ2v) is 7.41. The molecule has 0 aromatic rings. The Balaban J connectivity index is 2.11. The summed E-state index contributed by atoms with van der Waals surface area (Å²) < 4.78 is 5.15. The van der Waals surface area contributed by atoms with Gasteiger partial charge >= 0.3 is 6.09 Å². The molecule has 0 bridgehead atoms. The van der Waals surface area contributed by atoms with Gasteiger partial charge in [0.25, 0.3) is 0 Å². The predicted octanol–water partition coefficient (Wildman–Crippen LogP) is 2.40. The number of carbonyl (C=O) groups excluding carboxylic acids is 1. The summed E-state index contributed by atoms with van der Waals surface area (Å²) in [5.74, 6) is 0. The summed E-state index contributed by atoms with van der Waals surface area (Å²) in [6, 6.07) is 0.243. The molecule has 0 aromatic carbocycles.